The second-order valence-corrected chi connectivity index (χ2v) is 7.23. The van der Waals surface area contributed by atoms with E-state index in [1.165, 1.54) is 16.7 Å². The van der Waals surface area contributed by atoms with Gasteiger partial charge in [0.25, 0.3) is 5.56 Å². The molecule has 3 rings (SSSR count). The number of aliphatic imine (C=N–C) groups is 1. The minimum absolute atomic E-state index is 0. The molecule has 0 saturated carbocycles. The van der Waals surface area contributed by atoms with Gasteiger partial charge in [0, 0.05) is 39.4 Å². The molecule has 0 fully saturated rings. The van der Waals surface area contributed by atoms with E-state index in [1.54, 1.807) is 23.7 Å². The molecule has 0 spiro atoms. The number of guanidine groups is 1. The predicted octanol–water partition coefficient (Wildman–Crippen LogP) is 4.03. The summed E-state index contributed by atoms with van der Waals surface area (Å²) in [6.07, 6.45) is 1.81. The third kappa shape index (κ3) is 6.73. The lowest BCUT2D eigenvalue weighted by atomic mass is 10.1. The lowest BCUT2D eigenvalue weighted by Gasteiger charge is -2.22. The molecule has 0 aliphatic heterocycles. The molecule has 0 amide bonds. The van der Waals surface area contributed by atoms with Gasteiger partial charge in [0.15, 0.2) is 5.96 Å². The summed E-state index contributed by atoms with van der Waals surface area (Å²) in [5.41, 5.74) is 4.79. The summed E-state index contributed by atoms with van der Waals surface area (Å²) in [4.78, 5) is 18.4. The zero-order valence-electron chi connectivity index (χ0n) is 17.7. The number of halogens is 1. The first-order chi connectivity index (χ1) is 14.0. The first-order valence-corrected chi connectivity index (χ1v) is 9.76. The molecule has 1 aromatic heterocycles. The summed E-state index contributed by atoms with van der Waals surface area (Å²) in [5, 5.41) is 3.42. The average molecular weight is 516 g/mol. The highest BCUT2D eigenvalue weighted by atomic mass is 127. The van der Waals surface area contributed by atoms with Gasteiger partial charge in [-0.05, 0) is 29.7 Å². The van der Waals surface area contributed by atoms with Crippen LogP contribution in [0.1, 0.15) is 22.3 Å². The number of hydrogen-bond acceptors (Lipinski definition) is 2. The third-order valence-corrected chi connectivity index (χ3v) is 4.84. The van der Waals surface area contributed by atoms with Gasteiger partial charge in [0.2, 0.25) is 0 Å². The second-order valence-electron chi connectivity index (χ2n) is 7.23. The van der Waals surface area contributed by atoms with Crippen LogP contribution in [0.25, 0.3) is 0 Å². The Kier molecular flexibility index (Phi) is 9.11. The minimum Gasteiger partial charge on any atom is -0.352 e. The van der Waals surface area contributed by atoms with E-state index in [0.717, 1.165) is 18.1 Å². The van der Waals surface area contributed by atoms with E-state index in [0.29, 0.717) is 13.1 Å². The Bertz CT molecular complexity index is 1010. The van der Waals surface area contributed by atoms with Crippen LogP contribution in [0.15, 0.2) is 82.7 Å². The maximum absolute atomic E-state index is 11.8. The molecule has 0 radical (unpaired) electrons. The van der Waals surface area contributed by atoms with Crippen LogP contribution in [-0.4, -0.2) is 29.5 Å². The highest BCUT2D eigenvalue weighted by molar-refractivity contribution is 14.0. The lowest BCUT2D eigenvalue weighted by molar-refractivity contribution is 0.476. The topological polar surface area (TPSA) is 49.6 Å². The Morgan fingerprint density at radius 2 is 1.60 bits per heavy atom. The standard InChI is InChI=1S/C24H28N4O.HI/c1-19-7-9-21(10-8-19)17-27(3)24(25-2)26-16-20-11-13-22(14-12-20)18-28-15-5-4-6-23(28)29;/h4-15H,16-18H2,1-3H3,(H,25,26);1H. The summed E-state index contributed by atoms with van der Waals surface area (Å²) >= 11 is 0. The van der Waals surface area contributed by atoms with Crippen molar-refractivity contribution in [1.29, 1.82) is 0 Å². The van der Waals surface area contributed by atoms with Crippen molar-refractivity contribution in [2.45, 2.75) is 26.6 Å². The van der Waals surface area contributed by atoms with E-state index >= 15 is 0 Å². The summed E-state index contributed by atoms with van der Waals surface area (Å²) in [7, 11) is 3.84. The molecule has 0 saturated heterocycles. The molecule has 5 nitrogen and oxygen atoms in total. The van der Waals surface area contributed by atoms with Gasteiger partial charge in [-0.1, -0.05) is 60.2 Å². The number of benzene rings is 2. The monoisotopic (exact) mass is 516 g/mol. The smallest absolute Gasteiger partial charge is 0.250 e. The fourth-order valence-corrected chi connectivity index (χ4v) is 3.16. The average Bonchev–Trinajstić information content (AvgIpc) is 2.73. The quantitative estimate of drug-likeness (QED) is 0.306. The first-order valence-electron chi connectivity index (χ1n) is 9.76. The van der Waals surface area contributed by atoms with Crippen LogP contribution in [0.5, 0.6) is 0 Å². The molecular formula is C24H29IN4O. The Morgan fingerprint density at radius 3 is 2.23 bits per heavy atom. The van der Waals surface area contributed by atoms with Crippen LogP contribution >= 0.6 is 24.0 Å². The number of nitrogens with one attached hydrogen (secondary N) is 1. The van der Waals surface area contributed by atoms with Crippen LogP contribution in [0.3, 0.4) is 0 Å². The number of rotatable bonds is 6. The molecule has 158 valence electrons. The van der Waals surface area contributed by atoms with E-state index in [9.17, 15) is 4.79 Å². The van der Waals surface area contributed by atoms with Crippen LogP contribution in [-0.2, 0) is 19.6 Å². The Morgan fingerprint density at radius 1 is 0.967 bits per heavy atom. The molecule has 0 aliphatic carbocycles. The maximum Gasteiger partial charge on any atom is 0.250 e. The van der Waals surface area contributed by atoms with Crippen molar-refractivity contribution < 1.29 is 0 Å². The van der Waals surface area contributed by atoms with Gasteiger partial charge >= 0.3 is 0 Å². The fourth-order valence-electron chi connectivity index (χ4n) is 3.16. The molecule has 0 unspecified atom stereocenters. The Labute approximate surface area is 195 Å². The van der Waals surface area contributed by atoms with E-state index in [-0.39, 0.29) is 29.5 Å². The Balaban J connectivity index is 0.00000320. The summed E-state index contributed by atoms with van der Waals surface area (Å²) in [5.74, 6) is 0.852. The summed E-state index contributed by atoms with van der Waals surface area (Å²) in [6.45, 7) is 4.16. The van der Waals surface area contributed by atoms with Crippen molar-refractivity contribution >= 4 is 29.9 Å². The fraction of sp³-hybridized carbons (Fsp3) is 0.250. The number of aryl methyl sites for hydroxylation is 1. The molecule has 0 bridgehead atoms. The molecule has 1 heterocycles. The van der Waals surface area contributed by atoms with Crippen molar-refractivity contribution in [3.8, 4) is 0 Å². The van der Waals surface area contributed by atoms with Gasteiger partial charge in [-0.2, -0.15) is 0 Å². The molecular weight excluding hydrogens is 487 g/mol. The van der Waals surface area contributed by atoms with Crippen LogP contribution in [0.4, 0.5) is 0 Å². The van der Waals surface area contributed by atoms with E-state index in [1.807, 2.05) is 19.3 Å². The van der Waals surface area contributed by atoms with E-state index < -0.39 is 0 Å². The minimum atomic E-state index is 0. The normalized spacial score (nSPS) is 11.0. The van der Waals surface area contributed by atoms with Crippen molar-refractivity contribution in [3.05, 3.63) is 106 Å². The second kappa shape index (κ2) is 11.5. The number of pyridine rings is 1. The van der Waals surface area contributed by atoms with Gasteiger partial charge < -0.3 is 14.8 Å². The van der Waals surface area contributed by atoms with Gasteiger partial charge in [0.1, 0.15) is 0 Å². The first kappa shape index (κ1) is 23.7. The van der Waals surface area contributed by atoms with Gasteiger partial charge in [-0.3, -0.25) is 9.79 Å². The van der Waals surface area contributed by atoms with Gasteiger partial charge in [0.05, 0.1) is 6.54 Å². The molecule has 30 heavy (non-hydrogen) atoms. The lowest BCUT2D eigenvalue weighted by Crippen LogP contribution is -2.38. The molecule has 1 N–H and O–H groups in total. The van der Waals surface area contributed by atoms with E-state index in [4.69, 9.17) is 0 Å². The largest absolute Gasteiger partial charge is 0.352 e. The van der Waals surface area contributed by atoms with Crippen molar-refractivity contribution in [2.75, 3.05) is 14.1 Å². The Hall–Kier alpha value is -2.61. The van der Waals surface area contributed by atoms with Crippen LogP contribution in [0, 0.1) is 6.92 Å². The highest BCUT2D eigenvalue weighted by Gasteiger charge is 2.07. The third-order valence-electron chi connectivity index (χ3n) is 4.84. The molecule has 0 aliphatic rings. The highest BCUT2D eigenvalue weighted by Crippen LogP contribution is 2.08. The van der Waals surface area contributed by atoms with Gasteiger partial charge in [-0.15, -0.1) is 24.0 Å². The number of nitrogens with zero attached hydrogens (tertiary/aromatic N) is 3. The van der Waals surface area contributed by atoms with Crippen molar-refractivity contribution in [2.24, 2.45) is 4.99 Å². The van der Waals surface area contributed by atoms with Crippen LogP contribution in [0.2, 0.25) is 0 Å². The summed E-state index contributed by atoms with van der Waals surface area (Å²) in [6, 6.07) is 22.1. The number of hydrogen-bond donors (Lipinski definition) is 1. The molecule has 3 aromatic rings. The molecule has 6 heteroatoms. The number of aromatic nitrogens is 1. The van der Waals surface area contributed by atoms with Crippen LogP contribution < -0.4 is 10.9 Å². The van der Waals surface area contributed by atoms with Crippen molar-refractivity contribution in [1.82, 2.24) is 14.8 Å². The summed E-state index contributed by atoms with van der Waals surface area (Å²) < 4.78 is 1.70. The van der Waals surface area contributed by atoms with E-state index in [2.05, 4.69) is 70.7 Å². The SMILES string of the molecule is CN=C(NCc1ccc(Cn2ccccc2=O)cc1)N(C)Cc1ccc(C)cc1.I. The molecule has 2 aromatic carbocycles. The predicted molar refractivity (Wildman–Crippen MR) is 135 cm³/mol. The zero-order chi connectivity index (χ0) is 20.6. The van der Waals surface area contributed by atoms with Crippen molar-refractivity contribution in [3.63, 3.8) is 0 Å². The maximum atomic E-state index is 11.8. The van der Waals surface area contributed by atoms with Gasteiger partial charge in [-0.25, -0.2) is 0 Å². The zero-order valence-corrected chi connectivity index (χ0v) is 20.0. The molecule has 0 atom stereocenters.